The van der Waals surface area contributed by atoms with Crippen LogP contribution in [0.3, 0.4) is 0 Å². The van der Waals surface area contributed by atoms with E-state index in [1.807, 2.05) is 53.6 Å². The summed E-state index contributed by atoms with van der Waals surface area (Å²) in [5, 5.41) is 0.890. The fraction of sp³-hybridized carbons (Fsp3) is 0.167. The third-order valence-electron chi connectivity index (χ3n) is 6.85. The molecule has 3 aromatic carbocycles. The van der Waals surface area contributed by atoms with Gasteiger partial charge in [-0.2, -0.15) is 0 Å². The Bertz CT molecular complexity index is 1550. The molecule has 0 atom stereocenters. The fourth-order valence-corrected chi connectivity index (χ4v) is 4.98. The molecule has 0 unspecified atom stereocenters. The van der Waals surface area contributed by atoms with Gasteiger partial charge in [-0.15, -0.1) is 0 Å². The number of imidazole rings is 1. The SMILES string of the molecule is COc1cc(C(=O)N2CCN(Cc3cnc[nH]3)c3ccc(-c4ccccc4)cc3C2)nc2ccccc12. The predicted octanol–water partition coefficient (Wildman–Crippen LogP) is 5.30. The zero-order valence-corrected chi connectivity index (χ0v) is 20.6. The van der Waals surface area contributed by atoms with E-state index in [1.165, 1.54) is 0 Å². The maximum atomic E-state index is 13.8. The third kappa shape index (κ3) is 4.51. The number of aromatic amines is 1. The van der Waals surface area contributed by atoms with Crippen LogP contribution < -0.4 is 9.64 Å². The molecule has 37 heavy (non-hydrogen) atoms. The van der Waals surface area contributed by atoms with E-state index >= 15 is 0 Å². The highest BCUT2D eigenvalue weighted by Gasteiger charge is 2.26. The standard InChI is InChI=1S/C30H27N5O2/c1-37-29-16-27(33-26-10-6-5-9-25(26)29)30(36)35-14-13-34(19-24-17-31-20-32-24)28-12-11-22(15-23(28)18-35)21-7-3-2-4-8-21/h2-12,15-17,20H,13-14,18-19H2,1H3,(H,31,32). The molecule has 3 heterocycles. The van der Waals surface area contributed by atoms with Crippen molar-refractivity contribution in [1.82, 2.24) is 19.9 Å². The molecule has 184 valence electrons. The maximum absolute atomic E-state index is 13.8. The van der Waals surface area contributed by atoms with Gasteiger partial charge in [-0.25, -0.2) is 9.97 Å². The second-order valence-corrected chi connectivity index (χ2v) is 9.16. The van der Waals surface area contributed by atoms with E-state index in [-0.39, 0.29) is 5.91 Å². The van der Waals surface area contributed by atoms with Crippen molar-refractivity contribution < 1.29 is 9.53 Å². The smallest absolute Gasteiger partial charge is 0.272 e. The lowest BCUT2D eigenvalue weighted by atomic mass is 10.0. The van der Waals surface area contributed by atoms with Crippen LogP contribution in [0.25, 0.3) is 22.0 Å². The van der Waals surface area contributed by atoms with E-state index in [0.717, 1.165) is 39.0 Å². The first-order valence-electron chi connectivity index (χ1n) is 12.3. The fourth-order valence-electron chi connectivity index (χ4n) is 4.98. The Kier molecular flexibility index (Phi) is 6.02. The number of aromatic nitrogens is 3. The molecule has 0 radical (unpaired) electrons. The molecule has 7 nitrogen and oxygen atoms in total. The van der Waals surface area contributed by atoms with Crippen LogP contribution in [0.2, 0.25) is 0 Å². The highest BCUT2D eigenvalue weighted by Crippen LogP contribution is 2.32. The highest BCUT2D eigenvalue weighted by atomic mass is 16.5. The van der Waals surface area contributed by atoms with Crippen LogP contribution in [0.1, 0.15) is 21.7 Å². The zero-order valence-electron chi connectivity index (χ0n) is 20.6. The minimum atomic E-state index is -0.108. The average Bonchev–Trinajstić information content (AvgIpc) is 3.40. The van der Waals surface area contributed by atoms with Crippen LogP contribution in [0, 0.1) is 0 Å². The molecule has 1 aliphatic rings. The van der Waals surface area contributed by atoms with Crippen LogP contribution in [0.15, 0.2) is 91.4 Å². The molecule has 1 aliphatic heterocycles. The van der Waals surface area contributed by atoms with Gasteiger partial charge in [0.15, 0.2) is 0 Å². The summed E-state index contributed by atoms with van der Waals surface area (Å²) in [6.45, 7) is 2.43. The molecule has 7 heteroatoms. The van der Waals surface area contributed by atoms with E-state index in [9.17, 15) is 4.79 Å². The van der Waals surface area contributed by atoms with Crippen molar-refractivity contribution in [2.24, 2.45) is 0 Å². The first-order valence-corrected chi connectivity index (χ1v) is 12.3. The van der Waals surface area contributed by atoms with Crippen molar-refractivity contribution in [3.05, 3.63) is 108 Å². The lowest BCUT2D eigenvalue weighted by molar-refractivity contribution is 0.0745. The maximum Gasteiger partial charge on any atom is 0.272 e. The monoisotopic (exact) mass is 489 g/mol. The van der Waals surface area contributed by atoms with E-state index in [4.69, 9.17) is 9.72 Å². The summed E-state index contributed by atoms with van der Waals surface area (Å²) in [7, 11) is 1.62. The van der Waals surface area contributed by atoms with Crippen molar-refractivity contribution in [2.45, 2.75) is 13.1 Å². The summed E-state index contributed by atoms with van der Waals surface area (Å²) >= 11 is 0. The van der Waals surface area contributed by atoms with Gasteiger partial charge in [-0.05, 0) is 41.0 Å². The quantitative estimate of drug-likeness (QED) is 0.363. The molecule has 1 N–H and O–H groups in total. The number of pyridine rings is 1. The normalized spacial score (nSPS) is 13.3. The molecule has 0 bridgehead atoms. The number of nitrogens with one attached hydrogen (secondary N) is 1. The Hall–Kier alpha value is -4.65. The Morgan fingerprint density at radius 2 is 1.81 bits per heavy atom. The number of amides is 1. The minimum absolute atomic E-state index is 0.108. The molecule has 2 aromatic heterocycles. The molecular formula is C30H27N5O2. The number of hydrogen-bond donors (Lipinski definition) is 1. The summed E-state index contributed by atoms with van der Waals surface area (Å²) in [6, 6.07) is 26.3. The summed E-state index contributed by atoms with van der Waals surface area (Å²) in [6.07, 6.45) is 3.54. The molecule has 0 spiro atoms. The van der Waals surface area contributed by atoms with Crippen LogP contribution >= 0.6 is 0 Å². The van der Waals surface area contributed by atoms with Gasteiger partial charge in [-0.1, -0.05) is 48.5 Å². The van der Waals surface area contributed by atoms with Crippen molar-refractivity contribution in [2.75, 3.05) is 25.1 Å². The number of ether oxygens (including phenoxy) is 1. The van der Waals surface area contributed by atoms with Gasteiger partial charge >= 0.3 is 0 Å². The Balaban J connectivity index is 1.38. The van der Waals surface area contributed by atoms with Crippen molar-refractivity contribution in [3.8, 4) is 16.9 Å². The van der Waals surface area contributed by atoms with Crippen LogP contribution in [0.5, 0.6) is 5.75 Å². The highest BCUT2D eigenvalue weighted by molar-refractivity contribution is 5.97. The number of H-pyrrole nitrogens is 1. The molecule has 6 rings (SSSR count). The van der Waals surface area contributed by atoms with E-state index in [0.29, 0.717) is 37.6 Å². The average molecular weight is 490 g/mol. The van der Waals surface area contributed by atoms with Gasteiger partial charge in [-0.3, -0.25) is 4.79 Å². The summed E-state index contributed by atoms with van der Waals surface area (Å²) < 4.78 is 5.60. The minimum Gasteiger partial charge on any atom is -0.496 e. The van der Waals surface area contributed by atoms with Crippen LogP contribution in [-0.2, 0) is 13.1 Å². The number of benzene rings is 3. The topological polar surface area (TPSA) is 74.3 Å². The van der Waals surface area contributed by atoms with Crippen LogP contribution in [-0.4, -0.2) is 46.0 Å². The number of carbonyl (C=O) groups is 1. The predicted molar refractivity (Wildman–Crippen MR) is 145 cm³/mol. The van der Waals surface area contributed by atoms with E-state index < -0.39 is 0 Å². The number of anilines is 1. The first kappa shape index (κ1) is 22.8. The molecule has 0 fully saturated rings. The van der Waals surface area contributed by atoms with Gasteiger partial charge in [0, 0.05) is 43.0 Å². The van der Waals surface area contributed by atoms with Crippen molar-refractivity contribution in [1.29, 1.82) is 0 Å². The van der Waals surface area contributed by atoms with Crippen LogP contribution in [0.4, 0.5) is 5.69 Å². The third-order valence-corrected chi connectivity index (χ3v) is 6.85. The molecule has 0 aliphatic carbocycles. The number of carbonyl (C=O) groups excluding carboxylic acids is 1. The van der Waals surface area contributed by atoms with Crippen molar-refractivity contribution >= 4 is 22.5 Å². The lowest BCUT2D eigenvalue weighted by Gasteiger charge is -2.24. The summed E-state index contributed by atoms with van der Waals surface area (Å²) in [5.74, 6) is 0.542. The summed E-state index contributed by atoms with van der Waals surface area (Å²) in [5.41, 5.74) is 6.65. The number of methoxy groups -OCH3 is 1. The molecule has 5 aromatic rings. The van der Waals surface area contributed by atoms with E-state index in [2.05, 4.69) is 45.2 Å². The largest absolute Gasteiger partial charge is 0.496 e. The molecule has 1 amide bonds. The second-order valence-electron chi connectivity index (χ2n) is 9.16. The summed E-state index contributed by atoms with van der Waals surface area (Å²) in [4.78, 5) is 30.1. The number of hydrogen-bond acceptors (Lipinski definition) is 5. The van der Waals surface area contributed by atoms with E-state index in [1.54, 1.807) is 19.5 Å². The Morgan fingerprint density at radius 3 is 2.62 bits per heavy atom. The molecule has 0 saturated carbocycles. The number of para-hydroxylation sites is 1. The van der Waals surface area contributed by atoms with Gasteiger partial charge in [0.2, 0.25) is 0 Å². The van der Waals surface area contributed by atoms with Gasteiger partial charge in [0.25, 0.3) is 5.91 Å². The Morgan fingerprint density at radius 1 is 0.973 bits per heavy atom. The van der Waals surface area contributed by atoms with Gasteiger partial charge in [0.1, 0.15) is 11.4 Å². The Labute approximate surface area is 215 Å². The zero-order chi connectivity index (χ0) is 25.2. The van der Waals surface area contributed by atoms with Crippen molar-refractivity contribution in [3.63, 3.8) is 0 Å². The second kappa shape index (κ2) is 9.78. The number of rotatable bonds is 5. The molecule has 0 saturated heterocycles. The van der Waals surface area contributed by atoms with Gasteiger partial charge in [0.05, 0.1) is 31.2 Å². The lowest BCUT2D eigenvalue weighted by Crippen LogP contribution is -2.35. The molecular weight excluding hydrogens is 462 g/mol. The number of fused-ring (bicyclic) bond motifs is 2. The first-order chi connectivity index (χ1) is 18.2. The number of nitrogens with zero attached hydrogens (tertiary/aromatic N) is 4. The van der Waals surface area contributed by atoms with Gasteiger partial charge < -0.3 is 19.5 Å².